The van der Waals surface area contributed by atoms with Crippen molar-refractivity contribution in [3.63, 3.8) is 0 Å². The van der Waals surface area contributed by atoms with Crippen LogP contribution in [0.2, 0.25) is 0 Å². The monoisotopic (exact) mass is 267 g/mol. The summed E-state index contributed by atoms with van der Waals surface area (Å²) in [6, 6.07) is 8.94. The number of carbonyl (C=O) groups is 2. The maximum absolute atomic E-state index is 11.7. The summed E-state index contributed by atoms with van der Waals surface area (Å²) in [4.78, 5) is 22.3. The number of carboxylic acids is 1. The highest BCUT2D eigenvalue weighted by Crippen LogP contribution is 2.13. The molecule has 0 aliphatic carbocycles. The molecule has 0 aliphatic rings. The molecule has 5 heteroatoms. The number of benzene rings is 1. The zero-order chi connectivity index (χ0) is 13.5. The summed E-state index contributed by atoms with van der Waals surface area (Å²) in [5.74, 6) is -1.17. The molecule has 0 fully saturated rings. The maximum atomic E-state index is 11.7. The molecule has 2 atom stereocenters. The van der Waals surface area contributed by atoms with Crippen molar-refractivity contribution in [1.82, 2.24) is 0 Å². The van der Waals surface area contributed by atoms with E-state index in [4.69, 9.17) is 10.8 Å². The topological polar surface area (TPSA) is 80.4 Å². The number of hydrogen-bond donors (Lipinski definition) is 2. The molecule has 1 rings (SSSR count). The van der Waals surface area contributed by atoms with Crippen LogP contribution in [0.25, 0.3) is 0 Å². The van der Waals surface area contributed by atoms with Crippen LogP contribution >= 0.6 is 11.8 Å². The summed E-state index contributed by atoms with van der Waals surface area (Å²) in [5, 5.41) is 8.55. The zero-order valence-electron chi connectivity index (χ0n) is 10.2. The van der Waals surface area contributed by atoms with Crippen molar-refractivity contribution in [3.05, 3.63) is 35.9 Å². The average Bonchev–Trinajstić information content (AvgIpc) is 2.36. The van der Waals surface area contributed by atoms with E-state index in [2.05, 4.69) is 0 Å². The van der Waals surface area contributed by atoms with Crippen LogP contribution in [0.15, 0.2) is 30.3 Å². The predicted octanol–water partition coefficient (Wildman–Crippen LogP) is 1.54. The Hall–Kier alpha value is -1.33. The molecule has 0 bridgehead atoms. The highest BCUT2D eigenvalue weighted by atomic mass is 32.2. The zero-order valence-corrected chi connectivity index (χ0v) is 11.0. The van der Waals surface area contributed by atoms with E-state index in [0.29, 0.717) is 6.42 Å². The lowest BCUT2D eigenvalue weighted by atomic mass is 10.1. The molecule has 0 heterocycles. The molecule has 3 N–H and O–H groups in total. The highest BCUT2D eigenvalue weighted by molar-refractivity contribution is 8.13. The molecule has 0 saturated carbocycles. The largest absolute Gasteiger partial charge is 0.481 e. The first-order chi connectivity index (χ1) is 8.50. The summed E-state index contributed by atoms with van der Waals surface area (Å²) in [6.45, 7) is 1.57. The second kappa shape index (κ2) is 7.18. The van der Waals surface area contributed by atoms with Crippen LogP contribution in [-0.2, 0) is 16.0 Å². The minimum atomic E-state index is -0.896. The molecule has 18 heavy (non-hydrogen) atoms. The third-order valence-corrected chi connectivity index (χ3v) is 3.75. The SMILES string of the molecule is CC(CSC(=O)[C@@H](N)Cc1ccccc1)C(=O)O. The Balaban J connectivity index is 2.40. The van der Waals surface area contributed by atoms with Gasteiger partial charge in [0.1, 0.15) is 0 Å². The molecule has 0 aliphatic heterocycles. The average molecular weight is 267 g/mol. The fourth-order valence-electron chi connectivity index (χ4n) is 1.34. The number of aliphatic carboxylic acids is 1. The molecule has 0 saturated heterocycles. The summed E-state index contributed by atoms with van der Waals surface area (Å²) >= 11 is 0.995. The Morgan fingerprint density at radius 2 is 1.94 bits per heavy atom. The van der Waals surface area contributed by atoms with Crippen LogP contribution in [0.4, 0.5) is 0 Å². The van der Waals surface area contributed by atoms with Crippen LogP contribution < -0.4 is 5.73 Å². The van der Waals surface area contributed by atoms with Gasteiger partial charge in [-0.15, -0.1) is 0 Å². The highest BCUT2D eigenvalue weighted by Gasteiger charge is 2.18. The van der Waals surface area contributed by atoms with Crippen molar-refractivity contribution in [2.24, 2.45) is 11.7 Å². The molecular weight excluding hydrogens is 250 g/mol. The van der Waals surface area contributed by atoms with E-state index in [-0.39, 0.29) is 10.9 Å². The molecule has 1 aromatic carbocycles. The fraction of sp³-hybridized carbons (Fsp3) is 0.385. The summed E-state index contributed by atoms with van der Waals surface area (Å²) in [5.41, 5.74) is 6.80. The lowest BCUT2D eigenvalue weighted by Gasteiger charge is -2.11. The molecule has 0 aromatic heterocycles. The lowest BCUT2D eigenvalue weighted by molar-refractivity contribution is -0.140. The van der Waals surface area contributed by atoms with Gasteiger partial charge in [0, 0.05) is 5.75 Å². The Kier molecular flexibility index (Phi) is 5.88. The van der Waals surface area contributed by atoms with Gasteiger partial charge in [0.25, 0.3) is 0 Å². The number of carboxylic acid groups (broad SMARTS) is 1. The Morgan fingerprint density at radius 1 is 1.33 bits per heavy atom. The number of hydrogen-bond acceptors (Lipinski definition) is 4. The van der Waals surface area contributed by atoms with E-state index in [1.165, 1.54) is 0 Å². The van der Waals surface area contributed by atoms with Gasteiger partial charge in [-0.3, -0.25) is 9.59 Å². The number of rotatable bonds is 6. The van der Waals surface area contributed by atoms with Gasteiger partial charge in [0.05, 0.1) is 12.0 Å². The summed E-state index contributed by atoms with van der Waals surface area (Å²) in [6.07, 6.45) is 0.480. The molecule has 1 aromatic rings. The second-order valence-corrected chi connectivity index (χ2v) is 5.19. The van der Waals surface area contributed by atoms with Crippen LogP contribution in [-0.4, -0.2) is 28.0 Å². The van der Waals surface area contributed by atoms with Crippen LogP contribution in [0.1, 0.15) is 12.5 Å². The normalized spacial score (nSPS) is 13.9. The van der Waals surface area contributed by atoms with Gasteiger partial charge in [-0.2, -0.15) is 0 Å². The maximum Gasteiger partial charge on any atom is 0.307 e. The van der Waals surface area contributed by atoms with Crippen molar-refractivity contribution >= 4 is 22.8 Å². The molecular formula is C13H17NO3S. The van der Waals surface area contributed by atoms with Crippen molar-refractivity contribution < 1.29 is 14.7 Å². The minimum Gasteiger partial charge on any atom is -0.481 e. The molecule has 98 valence electrons. The van der Waals surface area contributed by atoms with Gasteiger partial charge in [0.15, 0.2) is 0 Å². The molecule has 4 nitrogen and oxygen atoms in total. The van der Waals surface area contributed by atoms with E-state index in [0.717, 1.165) is 17.3 Å². The van der Waals surface area contributed by atoms with Crippen molar-refractivity contribution in [2.45, 2.75) is 19.4 Å². The smallest absolute Gasteiger partial charge is 0.307 e. The van der Waals surface area contributed by atoms with Gasteiger partial charge in [-0.05, 0) is 12.0 Å². The summed E-state index contributed by atoms with van der Waals surface area (Å²) in [7, 11) is 0. The first-order valence-corrected chi connectivity index (χ1v) is 6.68. The molecule has 0 spiro atoms. The van der Waals surface area contributed by atoms with E-state index in [9.17, 15) is 9.59 Å². The van der Waals surface area contributed by atoms with Gasteiger partial charge < -0.3 is 10.8 Å². The predicted molar refractivity (Wildman–Crippen MR) is 72.4 cm³/mol. The van der Waals surface area contributed by atoms with Crippen molar-refractivity contribution in [3.8, 4) is 0 Å². The van der Waals surface area contributed by atoms with E-state index >= 15 is 0 Å². The van der Waals surface area contributed by atoms with Gasteiger partial charge in [-0.1, -0.05) is 49.0 Å². The standard InChI is InChI=1S/C13H17NO3S/c1-9(12(15)16)8-18-13(17)11(14)7-10-5-3-2-4-6-10/h2-6,9,11H,7-8,14H2,1H3,(H,15,16)/t9?,11-/m0/s1. The van der Waals surface area contributed by atoms with Crippen molar-refractivity contribution in [2.75, 3.05) is 5.75 Å². The lowest BCUT2D eigenvalue weighted by Crippen LogP contribution is -2.31. The first kappa shape index (κ1) is 14.7. The molecule has 0 radical (unpaired) electrons. The first-order valence-electron chi connectivity index (χ1n) is 5.69. The Bertz CT molecular complexity index is 408. The van der Waals surface area contributed by atoms with E-state index in [1.54, 1.807) is 6.92 Å². The quantitative estimate of drug-likeness (QED) is 0.817. The van der Waals surface area contributed by atoms with Gasteiger partial charge in [-0.25, -0.2) is 0 Å². The van der Waals surface area contributed by atoms with Crippen LogP contribution in [0.3, 0.4) is 0 Å². The second-order valence-electron chi connectivity index (χ2n) is 4.17. The van der Waals surface area contributed by atoms with E-state index in [1.807, 2.05) is 30.3 Å². The number of carbonyl (C=O) groups excluding carboxylic acids is 1. The van der Waals surface area contributed by atoms with Crippen molar-refractivity contribution in [1.29, 1.82) is 0 Å². The van der Waals surface area contributed by atoms with Gasteiger partial charge >= 0.3 is 5.97 Å². The Morgan fingerprint density at radius 3 is 2.50 bits per heavy atom. The third-order valence-electron chi connectivity index (χ3n) is 2.50. The van der Waals surface area contributed by atoms with Gasteiger partial charge in [0.2, 0.25) is 5.12 Å². The molecule has 1 unspecified atom stereocenters. The van der Waals surface area contributed by atoms with Crippen LogP contribution in [0.5, 0.6) is 0 Å². The molecule has 0 amide bonds. The van der Waals surface area contributed by atoms with E-state index < -0.39 is 17.9 Å². The Labute approximate surface area is 111 Å². The third kappa shape index (κ3) is 4.89. The van der Waals surface area contributed by atoms with Crippen LogP contribution in [0, 0.1) is 5.92 Å². The fourth-order valence-corrected chi connectivity index (χ4v) is 2.19. The number of nitrogens with two attached hydrogens (primary N) is 1. The summed E-state index contributed by atoms with van der Waals surface area (Å²) < 4.78 is 0. The minimum absolute atomic E-state index is 0.160. The number of thioether (sulfide) groups is 1.